The van der Waals surface area contributed by atoms with Gasteiger partial charge in [-0.3, -0.25) is 4.79 Å². The molecule has 0 atom stereocenters. The number of amides is 1. The minimum atomic E-state index is -0.254. The minimum absolute atomic E-state index is 0.254. The van der Waals surface area contributed by atoms with Crippen molar-refractivity contribution >= 4 is 17.2 Å². The highest BCUT2D eigenvalue weighted by Gasteiger charge is 2.11. The molecule has 0 radical (unpaired) electrons. The molecule has 0 bridgehead atoms. The van der Waals surface area contributed by atoms with Crippen molar-refractivity contribution in [1.82, 2.24) is 14.6 Å². The second kappa shape index (κ2) is 5.85. The fourth-order valence-corrected chi connectivity index (χ4v) is 2.18. The van der Waals surface area contributed by atoms with Crippen molar-refractivity contribution in [3.63, 3.8) is 0 Å². The van der Waals surface area contributed by atoms with Crippen LogP contribution in [0.2, 0.25) is 0 Å². The molecule has 22 heavy (non-hydrogen) atoms. The van der Waals surface area contributed by atoms with Crippen LogP contribution in [0, 0.1) is 6.92 Å². The third-order valence-corrected chi connectivity index (χ3v) is 3.19. The average molecular weight is 296 g/mol. The number of hydrogen-bond acceptors (Lipinski definition) is 4. The van der Waals surface area contributed by atoms with Crippen LogP contribution >= 0.6 is 0 Å². The number of nitrogens with one attached hydrogen (secondary N) is 1. The van der Waals surface area contributed by atoms with E-state index in [-0.39, 0.29) is 5.91 Å². The first-order valence-electron chi connectivity index (χ1n) is 7.03. The molecule has 0 fully saturated rings. The lowest BCUT2D eigenvalue weighted by molar-refractivity contribution is 0.102. The maximum absolute atomic E-state index is 12.3. The van der Waals surface area contributed by atoms with Crippen molar-refractivity contribution in [1.29, 1.82) is 0 Å². The van der Waals surface area contributed by atoms with Gasteiger partial charge in [0.25, 0.3) is 5.91 Å². The van der Waals surface area contributed by atoms with E-state index in [4.69, 9.17) is 4.74 Å². The zero-order valence-electron chi connectivity index (χ0n) is 12.4. The number of ether oxygens (including phenoxy) is 1. The maximum Gasteiger partial charge on any atom is 0.274 e. The molecule has 0 saturated carbocycles. The van der Waals surface area contributed by atoms with Crippen LogP contribution < -0.4 is 10.1 Å². The molecular formula is C16H16N4O2. The lowest BCUT2D eigenvalue weighted by Crippen LogP contribution is -2.15. The fourth-order valence-electron chi connectivity index (χ4n) is 2.18. The van der Waals surface area contributed by atoms with Gasteiger partial charge < -0.3 is 10.1 Å². The van der Waals surface area contributed by atoms with E-state index in [0.29, 0.717) is 23.6 Å². The van der Waals surface area contributed by atoms with E-state index < -0.39 is 0 Å². The molecule has 0 aliphatic rings. The summed E-state index contributed by atoms with van der Waals surface area (Å²) in [5.74, 6) is 0.520. The van der Waals surface area contributed by atoms with Gasteiger partial charge in [-0.2, -0.15) is 5.10 Å². The first kappa shape index (κ1) is 14.1. The van der Waals surface area contributed by atoms with Gasteiger partial charge in [-0.1, -0.05) is 0 Å². The van der Waals surface area contributed by atoms with Gasteiger partial charge in [0.2, 0.25) is 0 Å². The number of benzene rings is 1. The van der Waals surface area contributed by atoms with Gasteiger partial charge in [0.15, 0.2) is 5.65 Å². The molecule has 0 aliphatic heterocycles. The number of fused-ring (bicyclic) bond motifs is 1. The van der Waals surface area contributed by atoms with E-state index in [9.17, 15) is 4.79 Å². The number of anilines is 1. The van der Waals surface area contributed by atoms with E-state index in [0.717, 1.165) is 11.4 Å². The third-order valence-electron chi connectivity index (χ3n) is 3.19. The molecule has 3 aromatic rings. The summed E-state index contributed by atoms with van der Waals surface area (Å²) in [5, 5.41) is 6.96. The molecule has 0 saturated heterocycles. The Morgan fingerprint density at radius 2 is 2.05 bits per heavy atom. The van der Waals surface area contributed by atoms with Crippen molar-refractivity contribution in [3.05, 3.63) is 54.0 Å². The molecule has 1 amide bonds. The van der Waals surface area contributed by atoms with E-state index in [1.807, 2.05) is 26.0 Å². The number of aryl methyl sites for hydroxylation is 1. The summed E-state index contributed by atoms with van der Waals surface area (Å²) >= 11 is 0. The quantitative estimate of drug-likeness (QED) is 0.803. The van der Waals surface area contributed by atoms with Crippen molar-refractivity contribution in [2.45, 2.75) is 13.8 Å². The van der Waals surface area contributed by atoms with Crippen LogP contribution in [0.1, 0.15) is 23.1 Å². The highest BCUT2D eigenvalue weighted by Crippen LogP contribution is 2.16. The lowest BCUT2D eigenvalue weighted by atomic mass is 10.2. The molecule has 2 heterocycles. The molecule has 0 unspecified atom stereocenters. The largest absolute Gasteiger partial charge is 0.494 e. The lowest BCUT2D eigenvalue weighted by Gasteiger charge is -2.08. The monoisotopic (exact) mass is 296 g/mol. The highest BCUT2D eigenvalue weighted by atomic mass is 16.5. The SMILES string of the molecule is CCOc1ccc(NC(=O)c2cc(C)n3nccc3n2)cc1. The van der Waals surface area contributed by atoms with Crippen LogP contribution in [0.4, 0.5) is 5.69 Å². The van der Waals surface area contributed by atoms with E-state index >= 15 is 0 Å². The summed E-state index contributed by atoms with van der Waals surface area (Å²) in [6.07, 6.45) is 1.66. The molecule has 0 aliphatic carbocycles. The maximum atomic E-state index is 12.3. The predicted molar refractivity (Wildman–Crippen MR) is 83.3 cm³/mol. The van der Waals surface area contributed by atoms with Crippen LogP contribution in [-0.2, 0) is 0 Å². The Kier molecular flexibility index (Phi) is 3.74. The second-order valence-corrected chi connectivity index (χ2v) is 4.80. The van der Waals surface area contributed by atoms with E-state index in [1.165, 1.54) is 0 Å². The first-order valence-corrected chi connectivity index (χ1v) is 7.03. The second-order valence-electron chi connectivity index (χ2n) is 4.80. The molecule has 6 heteroatoms. The van der Waals surface area contributed by atoms with Gasteiger partial charge in [0.1, 0.15) is 11.4 Å². The summed E-state index contributed by atoms with van der Waals surface area (Å²) in [4.78, 5) is 16.6. The number of hydrogen-bond donors (Lipinski definition) is 1. The first-order chi connectivity index (χ1) is 10.7. The molecule has 2 aromatic heterocycles. The summed E-state index contributed by atoms with van der Waals surface area (Å²) in [6.45, 7) is 4.42. The average Bonchev–Trinajstić information content (AvgIpc) is 2.98. The summed E-state index contributed by atoms with van der Waals surface area (Å²) in [7, 11) is 0. The van der Waals surface area contributed by atoms with Crippen molar-refractivity contribution in [2.24, 2.45) is 0 Å². The Morgan fingerprint density at radius 1 is 1.27 bits per heavy atom. The van der Waals surface area contributed by atoms with Crippen molar-refractivity contribution in [3.8, 4) is 5.75 Å². The van der Waals surface area contributed by atoms with Gasteiger partial charge in [-0.25, -0.2) is 9.50 Å². The van der Waals surface area contributed by atoms with Crippen LogP contribution in [0.5, 0.6) is 5.75 Å². The minimum Gasteiger partial charge on any atom is -0.494 e. The van der Waals surface area contributed by atoms with Gasteiger partial charge in [0.05, 0.1) is 12.8 Å². The van der Waals surface area contributed by atoms with E-state index in [1.54, 1.807) is 35.0 Å². The summed E-state index contributed by atoms with van der Waals surface area (Å²) in [6, 6.07) is 10.7. The number of carbonyl (C=O) groups is 1. The summed E-state index contributed by atoms with van der Waals surface area (Å²) < 4.78 is 7.06. The molecule has 0 spiro atoms. The van der Waals surface area contributed by atoms with Crippen LogP contribution in [0.3, 0.4) is 0 Å². The van der Waals surface area contributed by atoms with Gasteiger partial charge in [-0.05, 0) is 44.2 Å². The number of nitrogens with zero attached hydrogens (tertiary/aromatic N) is 3. The van der Waals surface area contributed by atoms with Crippen molar-refractivity contribution < 1.29 is 9.53 Å². The Bertz CT molecular complexity index is 809. The molecule has 3 rings (SSSR count). The van der Waals surface area contributed by atoms with Gasteiger partial charge >= 0.3 is 0 Å². The zero-order valence-corrected chi connectivity index (χ0v) is 12.4. The molecule has 6 nitrogen and oxygen atoms in total. The number of aromatic nitrogens is 3. The highest BCUT2D eigenvalue weighted by molar-refractivity contribution is 6.03. The normalized spacial score (nSPS) is 10.6. The smallest absolute Gasteiger partial charge is 0.274 e. The Balaban J connectivity index is 1.80. The van der Waals surface area contributed by atoms with E-state index in [2.05, 4.69) is 15.4 Å². The molecule has 112 valence electrons. The zero-order chi connectivity index (χ0) is 15.5. The fraction of sp³-hybridized carbons (Fsp3) is 0.188. The van der Waals surface area contributed by atoms with Crippen LogP contribution in [-0.4, -0.2) is 27.1 Å². The predicted octanol–water partition coefficient (Wildman–Crippen LogP) is 2.69. The van der Waals surface area contributed by atoms with Gasteiger partial charge in [0, 0.05) is 17.4 Å². The number of rotatable bonds is 4. The topological polar surface area (TPSA) is 68.5 Å². The standard InChI is InChI=1S/C16H16N4O2/c1-3-22-13-6-4-12(5-7-13)18-16(21)14-10-11(2)20-15(19-14)8-9-17-20/h4-10H,3H2,1-2H3,(H,18,21). The van der Waals surface area contributed by atoms with Crippen LogP contribution in [0.25, 0.3) is 5.65 Å². The Morgan fingerprint density at radius 3 is 2.77 bits per heavy atom. The summed E-state index contributed by atoms with van der Waals surface area (Å²) in [5.41, 5.74) is 2.56. The molecule has 1 N–H and O–H groups in total. The third kappa shape index (κ3) is 2.76. The Labute approximate surface area is 127 Å². The van der Waals surface area contributed by atoms with Crippen molar-refractivity contribution in [2.75, 3.05) is 11.9 Å². The molecular weight excluding hydrogens is 280 g/mol. The number of carbonyl (C=O) groups excluding carboxylic acids is 1. The van der Waals surface area contributed by atoms with Gasteiger partial charge in [-0.15, -0.1) is 0 Å². The molecule has 1 aromatic carbocycles. The van der Waals surface area contributed by atoms with Crippen LogP contribution in [0.15, 0.2) is 42.6 Å². The Hall–Kier alpha value is -2.89.